The molecule has 0 spiro atoms. The molecule has 0 aliphatic heterocycles. The summed E-state index contributed by atoms with van der Waals surface area (Å²) in [7, 11) is 0. The van der Waals surface area contributed by atoms with E-state index in [4.69, 9.17) is 0 Å². The SMILES string of the molecule is CC1CC1C(=O)Nc1ccc(F)c(F)c1. The van der Waals surface area contributed by atoms with Crippen molar-refractivity contribution in [1.82, 2.24) is 0 Å². The Hall–Kier alpha value is -1.45. The van der Waals surface area contributed by atoms with Gasteiger partial charge in [0, 0.05) is 17.7 Å². The lowest BCUT2D eigenvalue weighted by molar-refractivity contribution is -0.117. The molecule has 2 unspecified atom stereocenters. The zero-order valence-corrected chi connectivity index (χ0v) is 8.26. The Bertz CT molecular complexity index is 406. The lowest BCUT2D eigenvalue weighted by atomic mass is 10.2. The van der Waals surface area contributed by atoms with Gasteiger partial charge < -0.3 is 5.32 Å². The highest BCUT2D eigenvalue weighted by molar-refractivity contribution is 5.94. The van der Waals surface area contributed by atoms with Crippen LogP contribution in [0.25, 0.3) is 0 Å². The van der Waals surface area contributed by atoms with Crippen LogP contribution in [0.3, 0.4) is 0 Å². The summed E-state index contributed by atoms with van der Waals surface area (Å²) in [5.41, 5.74) is 0.304. The van der Waals surface area contributed by atoms with Crippen LogP contribution < -0.4 is 5.32 Å². The molecule has 1 fully saturated rings. The molecule has 1 aromatic rings. The molecule has 0 aromatic heterocycles. The van der Waals surface area contributed by atoms with E-state index in [1.54, 1.807) is 0 Å². The van der Waals surface area contributed by atoms with Crippen LogP contribution in [-0.2, 0) is 4.79 Å². The fourth-order valence-electron chi connectivity index (χ4n) is 1.50. The van der Waals surface area contributed by atoms with Crippen LogP contribution in [0.4, 0.5) is 14.5 Å². The van der Waals surface area contributed by atoms with Gasteiger partial charge >= 0.3 is 0 Å². The number of nitrogens with one attached hydrogen (secondary N) is 1. The summed E-state index contributed by atoms with van der Waals surface area (Å²) in [6, 6.07) is 3.34. The Morgan fingerprint density at radius 2 is 2.07 bits per heavy atom. The van der Waals surface area contributed by atoms with Crippen LogP contribution in [0.2, 0.25) is 0 Å². The van der Waals surface area contributed by atoms with E-state index in [2.05, 4.69) is 5.32 Å². The van der Waals surface area contributed by atoms with Gasteiger partial charge in [0.1, 0.15) is 0 Å². The molecule has 1 aliphatic carbocycles. The van der Waals surface area contributed by atoms with Gasteiger partial charge in [-0.15, -0.1) is 0 Å². The molecule has 4 heteroatoms. The van der Waals surface area contributed by atoms with Crippen molar-refractivity contribution in [2.24, 2.45) is 11.8 Å². The summed E-state index contributed by atoms with van der Waals surface area (Å²) in [4.78, 5) is 11.5. The quantitative estimate of drug-likeness (QED) is 0.800. The van der Waals surface area contributed by atoms with Crippen LogP contribution in [0.15, 0.2) is 18.2 Å². The van der Waals surface area contributed by atoms with Gasteiger partial charge in [-0.2, -0.15) is 0 Å². The molecule has 1 N–H and O–H groups in total. The minimum atomic E-state index is -0.948. The minimum Gasteiger partial charge on any atom is -0.326 e. The maximum absolute atomic E-state index is 12.8. The molecular formula is C11H11F2NO. The maximum atomic E-state index is 12.8. The van der Waals surface area contributed by atoms with Gasteiger partial charge in [0.25, 0.3) is 0 Å². The Balaban J connectivity index is 2.04. The number of hydrogen-bond acceptors (Lipinski definition) is 1. The molecular weight excluding hydrogens is 200 g/mol. The fourth-order valence-corrected chi connectivity index (χ4v) is 1.50. The average molecular weight is 211 g/mol. The van der Waals surface area contributed by atoms with E-state index >= 15 is 0 Å². The van der Waals surface area contributed by atoms with Crippen molar-refractivity contribution in [3.05, 3.63) is 29.8 Å². The van der Waals surface area contributed by atoms with Crippen molar-refractivity contribution >= 4 is 11.6 Å². The van der Waals surface area contributed by atoms with Crippen molar-refractivity contribution in [3.8, 4) is 0 Å². The topological polar surface area (TPSA) is 29.1 Å². The molecule has 1 aliphatic rings. The van der Waals surface area contributed by atoms with E-state index < -0.39 is 11.6 Å². The number of amides is 1. The highest BCUT2D eigenvalue weighted by atomic mass is 19.2. The number of anilines is 1. The number of halogens is 2. The third kappa shape index (κ3) is 2.14. The van der Waals surface area contributed by atoms with Crippen molar-refractivity contribution in [3.63, 3.8) is 0 Å². The zero-order chi connectivity index (χ0) is 11.0. The molecule has 0 radical (unpaired) electrons. The molecule has 80 valence electrons. The van der Waals surface area contributed by atoms with Crippen LogP contribution >= 0.6 is 0 Å². The van der Waals surface area contributed by atoms with Crippen LogP contribution in [0.5, 0.6) is 0 Å². The molecule has 1 saturated carbocycles. The van der Waals surface area contributed by atoms with Crippen molar-refractivity contribution in [2.45, 2.75) is 13.3 Å². The molecule has 1 amide bonds. The molecule has 0 heterocycles. The van der Waals surface area contributed by atoms with Crippen LogP contribution in [0, 0.1) is 23.5 Å². The van der Waals surface area contributed by atoms with E-state index in [1.807, 2.05) is 6.92 Å². The van der Waals surface area contributed by atoms with Gasteiger partial charge in [-0.1, -0.05) is 6.92 Å². The Morgan fingerprint density at radius 3 is 2.60 bits per heavy atom. The Labute approximate surface area is 86.3 Å². The summed E-state index contributed by atoms with van der Waals surface area (Å²) < 4.78 is 25.4. The number of benzene rings is 1. The molecule has 0 saturated heterocycles. The third-order valence-corrected chi connectivity index (χ3v) is 2.63. The lowest BCUT2D eigenvalue weighted by Crippen LogP contribution is -2.14. The van der Waals surface area contributed by atoms with Crippen molar-refractivity contribution in [2.75, 3.05) is 5.32 Å². The molecule has 2 rings (SSSR count). The largest absolute Gasteiger partial charge is 0.326 e. The number of carbonyl (C=O) groups is 1. The summed E-state index contributed by atoms with van der Waals surface area (Å²) >= 11 is 0. The van der Waals surface area contributed by atoms with E-state index in [9.17, 15) is 13.6 Å². The second-order valence-corrected chi connectivity index (χ2v) is 3.94. The summed E-state index contributed by atoms with van der Waals surface area (Å²) in [5, 5.41) is 2.56. The second kappa shape index (κ2) is 3.61. The third-order valence-electron chi connectivity index (χ3n) is 2.63. The van der Waals surface area contributed by atoms with Crippen LogP contribution in [-0.4, -0.2) is 5.91 Å². The normalized spacial score (nSPS) is 23.7. The summed E-state index contributed by atoms with van der Waals surface area (Å²) in [6.07, 6.45) is 0.871. The standard InChI is InChI=1S/C11H11F2NO/c1-6-4-8(6)11(15)14-7-2-3-9(12)10(13)5-7/h2-3,5-6,8H,4H2,1H3,(H,14,15). The van der Waals surface area contributed by atoms with Gasteiger partial charge in [-0.05, 0) is 24.5 Å². The van der Waals surface area contributed by atoms with E-state index in [0.717, 1.165) is 18.6 Å². The fraction of sp³-hybridized carbons (Fsp3) is 0.364. The van der Waals surface area contributed by atoms with Crippen molar-refractivity contribution < 1.29 is 13.6 Å². The molecule has 2 atom stereocenters. The average Bonchev–Trinajstić information content (AvgIpc) is 2.89. The number of rotatable bonds is 2. The van der Waals surface area contributed by atoms with E-state index in [1.165, 1.54) is 6.07 Å². The highest BCUT2D eigenvalue weighted by Crippen LogP contribution is 2.38. The lowest BCUT2D eigenvalue weighted by Gasteiger charge is -2.04. The predicted octanol–water partition coefficient (Wildman–Crippen LogP) is 2.56. The monoisotopic (exact) mass is 211 g/mol. The molecule has 1 aromatic carbocycles. The number of carbonyl (C=O) groups excluding carboxylic acids is 1. The highest BCUT2D eigenvalue weighted by Gasteiger charge is 2.39. The van der Waals surface area contributed by atoms with E-state index in [0.29, 0.717) is 11.6 Å². The molecule has 2 nitrogen and oxygen atoms in total. The Morgan fingerprint density at radius 1 is 1.40 bits per heavy atom. The molecule has 15 heavy (non-hydrogen) atoms. The first-order valence-electron chi connectivity index (χ1n) is 4.84. The Kier molecular flexibility index (Phi) is 2.42. The summed E-state index contributed by atoms with van der Waals surface area (Å²) in [5.74, 6) is -1.55. The first kappa shape index (κ1) is 10.1. The zero-order valence-electron chi connectivity index (χ0n) is 8.26. The molecule has 0 bridgehead atoms. The van der Waals surface area contributed by atoms with Gasteiger partial charge in [0.15, 0.2) is 11.6 Å². The van der Waals surface area contributed by atoms with Crippen LogP contribution in [0.1, 0.15) is 13.3 Å². The second-order valence-electron chi connectivity index (χ2n) is 3.94. The predicted molar refractivity (Wildman–Crippen MR) is 52.3 cm³/mol. The maximum Gasteiger partial charge on any atom is 0.227 e. The van der Waals surface area contributed by atoms with E-state index in [-0.39, 0.29) is 11.8 Å². The van der Waals surface area contributed by atoms with Gasteiger partial charge in [0.2, 0.25) is 5.91 Å². The smallest absolute Gasteiger partial charge is 0.227 e. The van der Waals surface area contributed by atoms with Gasteiger partial charge in [0.05, 0.1) is 0 Å². The van der Waals surface area contributed by atoms with Gasteiger partial charge in [-0.25, -0.2) is 8.78 Å². The van der Waals surface area contributed by atoms with Gasteiger partial charge in [-0.3, -0.25) is 4.79 Å². The first-order valence-corrected chi connectivity index (χ1v) is 4.84. The minimum absolute atomic E-state index is 0.0260. The number of hydrogen-bond donors (Lipinski definition) is 1. The van der Waals surface area contributed by atoms with Crippen molar-refractivity contribution in [1.29, 1.82) is 0 Å². The first-order chi connectivity index (χ1) is 7.08. The summed E-state index contributed by atoms with van der Waals surface area (Å²) in [6.45, 7) is 1.98.